The first-order chi connectivity index (χ1) is 18.1. The van der Waals surface area contributed by atoms with Crippen LogP contribution in [0.5, 0.6) is 5.88 Å². The van der Waals surface area contributed by atoms with Gasteiger partial charge < -0.3 is 9.84 Å². The summed E-state index contributed by atoms with van der Waals surface area (Å²) in [6.07, 6.45) is 0.906. The molecule has 0 aliphatic carbocycles. The Labute approximate surface area is 228 Å². The summed E-state index contributed by atoms with van der Waals surface area (Å²) >= 11 is 7.90. The Morgan fingerprint density at radius 2 is 2.13 bits per heavy atom. The molecule has 4 aromatic rings. The van der Waals surface area contributed by atoms with Crippen LogP contribution in [0, 0.1) is 6.92 Å². The second-order valence-electron chi connectivity index (χ2n) is 9.18. The molecule has 13 heteroatoms. The molecular weight excluding hydrogens is 550 g/mol. The van der Waals surface area contributed by atoms with Gasteiger partial charge in [-0.2, -0.15) is 4.31 Å². The van der Waals surface area contributed by atoms with Gasteiger partial charge in [0.2, 0.25) is 15.9 Å². The summed E-state index contributed by atoms with van der Waals surface area (Å²) in [6, 6.07) is 8.65. The quantitative estimate of drug-likeness (QED) is 0.342. The van der Waals surface area contributed by atoms with Crippen LogP contribution in [0.4, 0.5) is 0 Å². The van der Waals surface area contributed by atoms with E-state index in [0.29, 0.717) is 16.4 Å². The van der Waals surface area contributed by atoms with Gasteiger partial charge in [0.1, 0.15) is 16.5 Å². The van der Waals surface area contributed by atoms with Gasteiger partial charge in [-0.1, -0.05) is 22.9 Å². The number of thiophene rings is 1. The number of benzene rings is 1. The number of aryl methyl sites for hydroxylation is 2. The third kappa shape index (κ3) is 4.77. The van der Waals surface area contributed by atoms with E-state index in [1.165, 1.54) is 27.9 Å². The van der Waals surface area contributed by atoms with E-state index in [1.54, 1.807) is 17.7 Å². The summed E-state index contributed by atoms with van der Waals surface area (Å²) in [5.74, 6) is -1.37. The predicted octanol–water partition coefficient (Wildman–Crippen LogP) is 4.45. The Hall–Kier alpha value is -3.06. The monoisotopic (exact) mass is 575 g/mol. The zero-order valence-electron chi connectivity index (χ0n) is 21.0. The van der Waals surface area contributed by atoms with E-state index in [2.05, 4.69) is 15.3 Å². The van der Waals surface area contributed by atoms with Crippen LogP contribution in [0.2, 0.25) is 4.34 Å². The molecule has 0 spiro atoms. The van der Waals surface area contributed by atoms with Crippen molar-refractivity contribution in [2.45, 2.75) is 57.2 Å². The van der Waals surface area contributed by atoms with Gasteiger partial charge in [-0.3, -0.25) is 4.79 Å². The molecule has 1 aliphatic rings. The van der Waals surface area contributed by atoms with Crippen molar-refractivity contribution in [1.29, 1.82) is 0 Å². The number of sulfonamides is 1. The van der Waals surface area contributed by atoms with Crippen LogP contribution in [0.25, 0.3) is 11.0 Å². The van der Waals surface area contributed by atoms with E-state index < -0.39 is 28.0 Å². The molecule has 0 unspecified atom stereocenters. The van der Waals surface area contributed by atoms with Crippen molar-refractivity contribution in [2.24, 2.45) is 0 Å². The van der Waals surface area contributed by atoms with E-state index in [9.17, 15) is 18.3 Å². The molecular formula is C25H26ClN5O5S2. The molecule has 200 valence electrons. The number of carboxylic acids is 1. The topological polar surface area (TPSA) is 128 Å². The maximum Gasteiger partial charge on any atom is 0.304 e. The highest BCUT2D eigenvalue weighted by Crippen LogP contribution is 2.41. The molecule has 10 nitrogen and oxygen atoms in total. The van der Waals surface area contributed by atoms with Crippen LogP contribution in [0.3, 0.4) is 0 Å². The van der Waals surface area contributed by atoms with Crippen LogP contribution in [0.1, 0.15) is 47.8 Å². The molecule has 1 aromatic carbocycles. The SMILES string of the molecule is CCn1nnc2c(C)c([C@@H](CC(=O)O)c3cc(CN4C[C@@H](C)Oc5ncccc5S4(=O)=O)c(Cl)s3)ccc21. The predicted molar refractivity (Wildman–Crippen MR) is 143 cm³/mol. The van der Waals surface area contributed by atoms with E-state index in [1.807, 2.05) is 32.0 Å². The summed E-state index contributed by atoms with van der Waals surface area (Å²) < 4.78 is 36.2. The van der Waals surface area contributed by atoms with Crippen LogP contribution >= 0.6 is 22.9 Å². The van der Waals surface area contributed by atoms with Gasteiger partial charge in [0.15, 0.2) is 0 Å². The molecule has 2 atom stereocenters. The molecule has 0 amide bonds. The fourth-order valence-electron chi connectivity index (χ4n) is 4.79. The normalized spacial score (nSPS) is 18.1. The number of ether oxygens (including phenoxy) is 1. The summed E-state index contributed by atoms with van der Waals surface area (Å²) in [5.41, 5.74) is 3.87. The van der Waals surface area contributed by atoms with E-state index in [0.717, 1.165) is 27.0 Å². The standard InChI is InChI=1S/C25H26ClN5O5S2/c1-4-31-19-8-7-17(15(3)23(19)28-29-31)18(11-22(32)33)20-10-16(24(26)37-20)13-30-12-14(2)36-25-21(38(30,34)35)6-5-9-27-25/h5-10,14,18H,4,11-13H2,1-3H3,(H,32,33)/t14-,18-/m1/s1. The van der Waals surface area contributed by atoms with Gasteiger partial charge in [0, 0.05) is 30.1 Å². The van der Waals surface area contributed by atoms with Gasteiger partial charge in [-0.05, 0) is 61.7 Å². The Morgan fingerprint density at radius 1 is 1.34 bits per heavy atom. The van der Waals surface area contributed by atoms with E-state index in [-0.39, 0.29) is 30.3 Å². The first kappa shape index (κ1) is 26.5. The van der Waals surface area contributed by atoms with Crippen molar-refractivity contribution >= 4 is 50.0 Å². The highest BCUT2D eigenvalue weighted by molar-refractivity contribution is 7.89. The van der Waals surface area contributed by atoms with Crippen LogP contribution < -0.4 is 4.74 Å². The number of fused-ring (bicyclic) bond motifs is 2. The van der Waals surface area contributed by atoms with Crippen molar-refractivity contribution in [2.75, 3.05) is 6.54 Å². The first-order valence-electron chi connectivity index (χ1n) is 12.0. The Bertz CT molecular complexity index is 1630. The molecule has 0 bridgehead atoms. The average Bonchev–Trinajstić information content (AvgIpc) is 3.43. The number of rotatable bonds is 7. The van der Waals surface area contributed by atoms with E-state index in [4.69, 9.17) is 16.3 Å². The summed E-state index contributed by atoms with van der Waals surface area (Å²) in [5, 5.41) is 18.2. The summed E-state index contributed by atoms with van der Waals surface area (Å²) in [4.78, 5) is 16.7. The third-order valence-corrected chi connectivity index (χ3v) is 10.0. The molecule has 1 aliphatic heterocycles. The van der Waals surface area contributed by atoms with Gasteiger partial charge in [-0.25, -0.2) is 18.1 Å². The minimum atomic E-state index is -3.90. The lowest BCUT2D eigenvalue weighted by atomic mass is 9.89. The number of pyridine rings is 1. The lowest BCUT2D eigenvalue weighted by Crippen LogP contribution is -2.35. The van der Waals surface area contributed by atoms with Gasteiger partial charge in [-0.15, -0.1) is 16.4 Å². The average molecular weight is 576 g/mol. The number of hydrogen-bond acceptors (Lipinski definition) is 8. The summed E-state index contributed by atoms with van der Waals surface area (Å²) in [6.45, 7) is 6.47. The van der Waals surface area contributed by atoms with Gasteiger partial charge in [0.05, 0.1) is 22.8 Å². The number of aromatic nitrogens is 4. The second-order valence-corrected chi connectivity index (χ2v) is 12.8. The molecule has 0 saturated carbocycles. The van der Waals surface area contributed by atoms with Crippen molar-refractivity contribution < 1.29 is 23.1 Å². The zero-order chi connectivity index (χ0) is 27.2. The molecule has 0 saturated heterocycles. The fourth-order valence-corrected chi connectivity index (χ4v) is 7.75. The number of nitrogens with zero attached hydrogens (tertiary/aromatic N) is 5. The molecule has 0 radical (unpaired) electrons. The number of carboxylic acid groups (broad SMARTS) is 1. The van der Waals surface area contributed by atoms with Crippen LogP contribution in [-0.4, -0.2) is 56.4 Å². The van der Waals surface area contributed by atoms with Crippen molar-refractivity contribution in [3.05, 3.63) is 62.4 Å². The maximum absolute atomic E-state index is 13.5. The molecule has 3 aromatic heterocycles. The van der Waals surface area contributed by atoms with Crippen LogP contribution in [-0.2, 0) is 27.9 Å². The lowest BCUT2D eigenvalue weighted by molar-refractivity contribution is -0.137. The Kier molecular flexibility index (Phi) is 7.16. The number of aliphatic carboxylic acids is 1. The van der Waals surface area contributed by atoms with Gasteiger partial charge in [0.25, 0.3) is 0 Å². The molecule has 5 rings (SSSR count). The lowest BCUT2D eigenvalue weighted by Gasteiger charge is -2.21. The molecule has 4 heterocycles. The number of halogens is 1. The highest BCUT2D eigenvalue weighted by Gasteiger charge is 2.35. The fraction of sp³-hybridized carbons (Fsp3) is 0.360. The minimum absolute atomic E-state index is 0.00346. The molecule has 38 heavy (non-hydrogen) atoms. The molecule has 1 N–H and O–H groups in total. The number of hydrogen-bond donors (Lipinski definition) is 1. The minimum Gasteiger partial charge on any atom is -0.481 e. The maximum atomic E-state index is 13.5. The van der Waals surface area contributed by atoms with Crippen LogP contribution in [0.15, 0.2) is 41.4 Å². The van der Waals surface area contributed by atoms with E-state index >= 15 is 0 Å². The smallest absolute Gasteiger partial charge is 0.304 e. The van der Waals surface area contributed by atoms with Crippen molar-refractivity contribution in [3.63, 3.8) is 0 Å². The first-order valence-corrected chi connectivity index (χ1v) is 14.7. The Balaban J connectivity index is 1.52. The second kappa shape index (κ2) is 10.3. The molecule has 0 fully saturated rings. The highest BCUT2D eigenvalue weighted by atomic mass is 35.5. The number of carbonyl (C=O) groups is 1. The Morgan fingerprint density at radius 3 is 2.87 bits per heavy atom. The van der Waals surface area contributed by atoms with Crippen molar-refractivity contribution in [3.8, 4) is 5.88 Å². The largest absolute Gasteiger partial charge is 0.481 e. The summed E-state index contributed by atoms with van der Waals surface area (Å²) in [7, 11) is -3.90. The van der Waals surface area contributed by atoms with Gasteiger partial charge >= 0.3 is 5.97 Å². The van der Waals surface area contributed by atoms with Crippen molar-refractivity contribution in [1.82, 2.24) is 24.3 Å². The third-order valence-electron chi connectivity index (χ3n) is 6.63. The zero-order valence-corrected chi connectivity index (χ0v) is 23.3.